The molecule has 2 nitrogen and oxygen atoms in total. The number of alkyl halides is 3. The lowest BCUT2D eigenvalue weighted by Crippen LogP contribution is -2.17. The molecular weight excluding hydrogens is 245 g/mol. The quantitative estimate of drug-likeness (QED) is 0.878. The molecule has 5 heteroatoms. The third-order valence-corrected chi connectivity index (χ3v) is 3.48. The molecule has 1 aliphatic rings. The zero-order valence-corrected chi connectivity index (χ0v) is 9.57. The Bertz CT molecular complexity index is 454. The number of hydrogen-bond acceptors (Lipinski definition) is 1. The first-order chi connectivity index (χ1) is 8.39. The van der Waals surface area contributed by atoms with E-state index in [0.29, 0.717) is 18.4 Å². The Morgan fingerprint density at radius 1 is 1.28 bits per heavy atom. The van der Waals surface area contributed by atoms with Crippen molar-refractivity contribution in [2.45, 2.75) is 31.4 Å². The molecular formula is C13H13F3O2. The summed E-state index contributed by atoms with van der Waals surface area (Å²) < 4.78 is 37.8. The van der Waals surface area contributed by atoms with Crippen LogP contribution in [0.3, 0.4) is 0 Å². The number of aliphatic carboxylic acids is 1. The molecule has 0 aromatic heterocycles. The minimum Gasteiger partial charge on any atom is -0.481 e. The van der Waals surface area contributed by atoms with Gasteiger partial charge in [0.2, 0.25) is 0 Å². The number of benzene rings is 1. The molecule has 0 heterocycles. The number of carbonyl (C=O) groups is 1. The lowest BCUT2D eigenvalue weighted by molar-refractivity contribution is -0.142. The Morgan fingerprint density at radius 2 is 2.00 bits per heavy atom. The van der Waals surface area contributed by atoms with Crippen molar-refractivity contribution in [3.05, 3.63) is 35.4 Å². The van der Waals surface area contributed by atoms with Crippen LogP contribution in [0.2, 0.25) is 0 Å². The van der Waals surface area contributed by atoms with Crippen molar-refractivity contribution in [3.8, 4) is 0 Å². The van der Waals surface area contributed by atoms with Gasteiger partial charge < -0.3 is 5.11 Å². The van der Waals surface area contributed by atoms with Crippen LogP contribution in [0.4, 0.5) is 13.2 Å². The maximum atomic E-state index is 12.6. The highest BCUT2D eigenvalue weighted by Crippen LogP contribution is 2.41. The van der Waals surface area contributed by atoms with Crippen molar-refractivity contribution in [3.63, 3.8) is 0 Å². The van der Waals surface area contributed by atoms with E-state index in [9.17, 15) is 18.0 Å². The molecule has 1 aromatic rings. The van der Waals surface area contributed by atoms with Crippen LogP contribution in [0, 0.1) is 5.92 Å². The van der Waals surface area contributed by atoms with E-state index in [-0.39, 0.29) is 5.92 Å². The Hall–Kier alpha value is -1.52. The maximum absolute atomic E-state index is 12.6. The zero-order chi connectivity index (χ0) is 13.3. The third-order valence-electron chi connectivity index (χ3n) is 3.48. The smallest absolute Gasteiger partial charge is 0.416 e. The molecule has 1 fully saturated rings. The molecule has 1 aliphatic carbocycles. The van der Waals surface area contributed by atoms with Crippen molar-refractivity contribution in [2.24, 2.45) is 5.92 Å². The van der Waals surface area contributed by atoms with Crippen molar-refractivity contribution in [1.82, 2.24) is 0 Å². The van der Waals surface area contributed by atoms with Gasteiger partial charge in [0.15, 0.2) is 0 Å². The first-order valence-electron chi connectivity index (χ1n) is 5.79. The van der Waals surface area contributed by atoms with E-state index in [0.717, 1.165) is 18.6 Å². The fraction of sp³-hybridized carbons (Fsp3) is 0.462. The lowest BCUT2D eigenvalue weighted by Gasteiger charge is -2.17. The summed E-state index contributed by atoms with van der Waals surface area (Å²) in [6, 6.07) is 5.01. The van der Waals surface area contributed by atoms with Crippen LogP contribution in [-0.4, -0.2) is 11.1 Å². The summed E-state index contributed by atoms with van der Waals surface area (Å²) in [7, 11) is 0. The van der Waals surface area contributed by atoms with E-state index in [1.165, 1.54) is 6.07 Å². The number of hydrogen-bond donors (Lipinski definition) is 1. The number of halogens is 3. The summed E-state index contributed by atoms with van der Waals surface area (Å²) in [6.07, 6.45) is -2.46. The monoisotopic (exact) mass is 258 g/mol. The highest BCUT2D eigenvalue weighted by atomic mass is 19.4. The molecule has 2 atom stereocenters. The van der Waals surface area contributed by atoms with E-state index in [4.69, 9.17) is 5.11 Å². The minimum absolute atomic E-state index is 0.301. The molecule has 2 rings (SSSR count). The normalized spacial score (nSPS) is 24.2. The molecule has 0 aliphatic heterocycles. The molecule has 1 N–H and O–H groups in total. The highest BCUT2D eigenvalue weighted by molar-refractivity contribution is 5.71. The van der Waals surface area contributed by atoms with Gasteiger partial charge in [-0.3, -0.25) is 4.79 Å². The zero-order valence-electron chi connectivity index (χ0n) is 9.57. The van der Waals surface area contributed by atoms with Gasteiger partial charge in [-0.25, -0.2) is 0 Å². The van der Waals surface area contributed by atoms with E-state index >= 15 is 0 Å². The summed E-state index contributed by atoms with van der Waals surface area (Å²) >= 11 is 0. The second-order valence-corrected chi connectivity index (χ2v) is 4.61. The van der Waals surface area contributed by atoms with Crippen LogP contribution in [0.15, 0.2) is 24.3 Å². The summed E-state index contributed by atoms with van der Waals surface area (Å²) in [5, 5.41) is 9.05. The predicted octanol–water partition coefficient (Wildman–Crippen LogP) is 3.67. The first-order valence-corrected chi connectivity index (χ1v) is 5.79. The Balaban J connectivity index is 2.31. The van der Waals surface area contributed by atoms with Crippen molar-refractivity contribution < 1.29 is 23.1 Å². The molecule has 0 amide bonds. The van der Waals surface area contributed by atoms with Gasteiger partial charge in [0, 0.05) is 0 Å². The van der Waals surface area contributed by atoms with Gasteiger partial charge in [-0.2, -0.15) is 13.2 Å². The molecule has 2 unspecified atom stereocenters. The van der Waals surface area contributed by atoms with Crippen LogP contribution in [0.5, 0.6) is 0 Å². The number of carboxylic acid groups (broad SMARTS) is 1. The summed E-state index contributed by atoms with van der Waals surface area (Å²) in [4.78, 5) is 11.0. The molecule has 18 heavy (non-hydrogen) atoms. The van der Waals surface area contributed by atoms with E-state index < -0.39 is 23.6 Å². The number of rotatable bonds is 2. The topological polar surface area (TPSA) is 37.3 Å². The van der Waals surface area contributed by atoms with E-state index in [1.54, 1.807) is 6.07 Å². The Morgan fingerprint density at radius 3 is 2.61 bits per heavy atom. The maximum Gasteiger partial charge on any atom is 0.416 e. The molecule has 98 valence electrons. The van der Waals surface area contributed by atoms with Gasteiger partial charge in [-0.15, -0.1) is 0 Å². The SMILES string of the molecule is O=C(O)C1CCCC1c1cccc(C(F)(F)F)c1. The van der Waals surface area contributed by atoms with Crippen molar-refractivity contribution in [1.29, 1.82) is 0 Å². The predicted molar refractivity (Wildman–Crippen MR) is 59.2 cm³/mol. The summed E-state index contributed by atoms with van der Waals surface area (Å²) in [5.74, 6) is -1.78. The van der Waals surface area contributed by atoms with Crippen LogP contribution in [0.25, 0.3) is 0 Å². The second kappa shape index (κ2) is 4.63. The lowest BCUT2D eigenvalue weighted by atomic mass is 9.88. The fourth-order valence-electron chi connectivity index (χ4n) is 2.60. The Labute approximate surface area is 102 Å². The standard InChI is InChI=1S/C13H13F3O2/c14-13(15,16)9-4-1-3-8(7-9)10-5-2-6-11(10)12(17)18/h1,3-4,7,10-11H,2,5-6H2,(H,17,18). The largest absolute Gasteiger partial charge is 0.481 e. The minimum atomic E-state index is -4.38. The molecule has 1 aromatic carbocycles. The van der Waals surface area contributed by atoms with Gasteiger partial charge in [-0.1, -0.05) is 24.6 Å². The average Bonchev–Trinajstić information content (AvgIpc) is 2.77. The molecule has 0 saturated heterocycles. The molecule has 0 spiro atoms. The number of carboxylic acids is 1. The van der Waals surface area contributed by atoms with Crippen LogP contribution < -0.4 is 0 Å². The average molecular weight is 258 g/mol. The fourth-order valence-corrected chi connectivity index (χ4v) is 2.60. The molecule has 1 saturated carbocycles. The second-order valence-electron chi connectivity index (χ2n) is 4.61. The van der Waals surface area contributed by atoms with Gasteiger partial charge in [-0.05, 0) is 30.4 Å². The van der Waals surface area contributed by atoms with Gasteiger partial charge in [0.05, 0.1) is 11.5 Å². The molecule has 0 radical (unpaired) electrons. The van der Waals surface area contributed by atoms with Gasteiger partial charge in [0.1, 0.15) is 0 Å². The Kier molecular flexibility index (Phi) is 3.32. The highest BCUT2D eigenvalue weighted by Gasteiger charge is 2.36. The third kappa shape index (κ3) is 2.49. The van der Waals surface area contributed by atoms with Crippen molar-refractivity contribution >= 4 is 5.97 Å². The summed E-state index contributed by atoms with van der Waals surface area (Å²) in [6.45, 7) is 0. The summed E-state index contributed by atoms with van der Waals surface area (Å²) in [5.41, 5.74) is -0.231. The van der Waals surface area contributed by atoms with E-state index in [2.05, 4.69) is 0 Å². The van der Waals surface area contributed by atoms with Crippen LogP contribution in [0.1, 0.15) is 36.3 Å². The van der Waals surface area contributed by atoms with Crippen molar-refractivity contribution in [2.75, 3.05) is 0 Å². The van der Waals surface area contributed by atoms with E-state index in [1.807, 2.05) is 0 Å². The molecule has 0 bridgehead atoms. The first kappa shape index (κ1) is 12.9. The van der Waals surface area contributed by atoms with Gasteiger partial charge in [0.25, 0.3) is 0 Å². The van der Waals surface area contributed by atoms with Gasteiger partial charge >= 0.3 is 12.1 Å². The van der Waals surface area contributed by atoms with Crippen LogP contribution in [-0.2, 0) is 11.0 Å². The van der Waals surface area contributed by atoms with Crippen LogP contribution >= 0.6 is 0 Å².